The minimum Gasteiger partial charge on any atom is -0.497 e. The van der Waals surface area contributed by atoms with E-state index in [1.165, 1.54) is 0 Å². The van der Waals surface area contributed by atoms with Gasteiger partial charge in [0.1, 0.15) is 11.8 Å². The summed E-state index contributed by atoms with van der Waals surface area (Å²) in [5.74, 6) is 1.19. The highest BCUT2D eigenvalue weighted by molar-refractivity contribution is 5.85. The molecule has 1 amide bonds. The average Bonchev–Trinajstić information content (AvgIpc) is 2.97. The van der Waals surface area contributed by atoms with E-state index in [9.17, 15) is 4.79 Å². The van der Waals surface area contributed by atoms with Crippen molar-refractivity contribution >= 4 is 18.3 Å². The first-order chi connectivity index (χ1) is 10.0. The van der Waals surface area contributed by atoms with Gasteiger partial charge < -0.3 is 20.3 Å². The predicted molar refractivity (Wildman–Crippen MR) is 83.7 cm³/mol. The first-order valence-electron chi connectivity index (χ1n) is 6.55. The third-order valence-corrected chi connectivity index (χ3v) is 2.91. The summed E-state index contributed by atoms with van der Waals surface area (Å²) in [6.45, 7) is 3.36. The van der Waals surface area contributed by atoms with Crippen LogP contribution in [-0.2, 0) is 4.79 Å². The van der Waals surface area contributed by atoms with Gasteiger partial charge in [0.15, 0.2) is 0 Å². The zero-order valence-electron chi connectivity index (χ0n) is 12.6. The van der Waals surface area contributed by atoms with Crippen molar-refractivity contribution in [1.29, 1.82) is 0 Å². The number of carbonyl (C=O) groups is 1. The summed E-state index contributed by atoms with van der Waals surface area (Å²) in [6.07, 6.45) is 0. The second-order valence-corrected chi connectivity index (χ2v) is 4.71. The van der Waals surface area contributed by atoms with Crippen molar-refractivity contribution in [2.24, 2.45) is 5.73 Å². The van der Waals surface area contributed by atoms with Gasteiger partial charge in [-0.25, -0.2) is 0 Å². The zero-order valence-corrected chi connectivity index (χ0v) is 13.4. The summed E-state index contributed by atoms with van der Waals surface area (Å²) >= 11 is 0. The van der Waals surface area contributed by atoms with E-state index < -0.39 is 12.1 Å². The standard InChI is InChI=1S/C14H18N4O3.ClH/c1-8(15)13(19)16-9(2)14-17-12(18-21-14)10-5-4-6-11(7-10)20-3;/h4-9H,15H2,1-3H3,(H,16,19);1H/t8-,9?;/m1./s1. The number of nitrogens with one attached hydrogen (secondary N) is 1. The van der Waals surface area contributed by atoms with E-state index in [2.05, 4.69) is 15.5 Å². The highest BCUT2D eigenvalue weighted by atomic mass is 35.5. The van der Waals surface area contributed by atoms with Gasteiger partial charge in [-0.2, -0.15) is 4.98 Å². The van der Waals surface area contributed by atoms with Crippen LogP contribution in [0.3, 0.4) is 0 Å². The molecule has 0 aliphatic rings. The molecule has 3 N–H and O–H groups in total. The van der Waals surface area contributed by atoms with Gasteiger partial charge in [0.25, 0.3) is 0 Å². The van der Waals surface area contributed by atoms with Crippen molar-refractivity contribution in [3.05, 3.63) is 30.2 Å². The summed E-state index contributed by atoms with van der Waals surface area (Å²) in [7, 11) is 1.59. The molecular formula is C14H19ClN4O3. The first kappa shape index (κ1) is 17.9. The molecule has 8 heteroatoms. The number of rotatable bonds is 5. The molecule has 120 valence electrons. The van der Waals surface area contributed by atoms with Gasteiger partial charge in [-0.15, -0.1) is 12.4 Å². The Morgan fingerprint density at radius 3 is 2.77 bits per heavy atom. The molecule has 1 heterocycles. The molecule has 0 saturated carbocycles. The topological polar surface area (TPSA) is 103 Å². The van der Waals surface area contributed by atoms with Gasteiger partial charge in [-0.3, -0.25) is 4.79 Å². The number of hydrogen-bond donors (Lipinski definition) is 2. The summed E-state index contributed by atoms with van der Waals surface area (Å²) in [4.78, 5) is 15.8. The van der Waals surface area contributed by atoms with E-state index in [4.69, 9.17) is 15.0 Å². The maximum Gasteiger partial charge on any atom is 0.249 e. The van der Waals surface area contributed by atoms with Gasteiger partial charge in [-0.05, 0) is 26.0 Å². The van der Waals surface area contributed by atoms with E-state index in [0.29, 0.717) is 17.5 Å². The van der Waals surface area contributed by atoms with Gasteiger partial charge >= 0.3 is 0 Å². The van der Waals surface area contributed by atoms with E-state index >= 15 is 0 Å². The number of methoxy groups -OCH3 is 1. The molecule has 0 spiro atoms. The number of hydrogen-bond acceptors (Lipinski definition) is 6. The van der Waals surface area contributed by atoms with E-state index in [0.717, 1.165) is 5.56 Å². The lowest BCUT2D eigenvalue weighted by Crippen LogP contribution is -2.39. The number of amides is 1. The number of halogens is 1. The normalized spacial score (nSPS) is 12.9. The van der Waals surface area contributed by atoms with Gasteiger partial charge in [0, 0.05) is 5.56 Å². The van der Waals surface area contributed by atoms with Crippen LogP contribution in [0.15, 0.2) is 28.8 Å². The summed E-state index contributed by atoms with van der Waals surface area (Å²) in [5.41, 5.74) is 6.27. The molecule has 0 aliphatic carbocycles. The van der Waals surface area contributed by atoms with Crippen LogP contribution in [0, 0.1) is 0 Å². The summed E-state index contributed by atoms with van der Waals surface area (Å²) in [5, 5.41) is 6.61. The van der Waals surface area contributed by atoms with Crippen LogP contribution in [0.4, 0.5) is 0 Å². The largest absolute Gasteiger partial charge is 0.497 e. The van der Waals surface area contributed by atoms with Crippen LogP contribution < -0.4 is 15.8 Å². The Labute approximate surface area is 134 Å². The second-order valence-electron chi connectivity index (χ2n) is 4.71. The van der Waals surface area contributed by atoms with Crippen LogP contribution in [-0.4, -0.2) is 29.2 Å². The zero-order chi connectivity index (χ0) is 15.4. The van der Waals surface area contributed by atoms with Crippen molar-refractivity contribution in [1.82, 2.24) is 15.5 Å². The molecule has 0 fully saturated rings. The van der Waals surface area contributed by atoms with Gasteiger partial charge in [0.2, 0.25) is 17.6 Å². The van der Waals surface area contributed by atoms with Gasteiger partial charge in [-0.1, -0.05) is 17.3 Å². The number of ether oxygens (including phenoxy) is 1. The quantitative estimate of drug-likeness (QED) is 0.866. The lowest BCUT2D eigenvalue weighted by Gasteiger charge is -2.11. The highest BCUT2D eigenvalue weighted by Crippen LogP contribution is 2.22. The van der Waals surface area contributed by atoms with Crippen molar-refractivity contribution < 1.29 is 14.1 Å². The maximum absolute atomic E-state index is 11.5. The number of nitrogens with zero attached hydrogens (tertiary/aromatic N) is 2. The Morgan fingerprint density at radius 1 is 1.41 bits per heavy atom. The van der Waals surface area contributed by atoms with E-state index in [1.54, 1.807) is 27.0 Å². The molecule has 7 nitrogen and oxygen atoms in total. The first-order valence-corrected chi connectivity index (χ1v) is 6.55. The molecule has 2 atom stereocenters. The Kier molecular flexibility index (Phi) is 6.33. The number of carbonyl (C=O) groups excluding carboxylic acids is 1. The molecule has 22 heavy (non-hydrogen) atoms. The van der Waals surface area contributed by atoms with Crippen LogP contribution in [0.5, 0.6) is 5.75 Å². The highest BCUT2D eigenvalue weighted by Gasteiger charge is 2.18. The molecule has 2 rings (SSSR count). The molecule has 0 radical (unpaired) electrons. The fraction of sp³-hybridized carbons (Fsp3) is 0.357. The second kappa shape index (κ2) is 7.77. The summed E-state index contributed by atoms with van der Waals surface area (Å²) < 4.78 is 10.3. The molecule has 1 aromatic heterocycles. The molecule has 0 aliphatic heterocycles. The van der Waals surface area contributed by atoms with Crippen molar-refractivity contribution in [2.45, 2.75) is 25.9 Å². The predicted octanol–water partition coefficient (Wildman–Crippen LogP) is 1.69. The van der Waals surface area contributed by atoms with Gasteiger partial charge in [0.05, 0.1) is 13.2 Å². The Hall–Kier alpha value is -2.12. The van der Waals surface area contributed by atoms with E-state index in [1.807, 2.05) is 18.2 Å². The Bertz CT molecular complexity index is 630. The SMILES string of the molecule is COc1cccc(-c2noc(C(C)NC(=O)[C@@H](C)N)n2)c1.Cl. The lowest BCUT2D eigenvalue weighted by molar-refractivity contribution is -0.122. The minimum atomic E-state index is -0.590. The molecule has 0 bridgehead atoms. The van der Waals surface area contributed by atoms with Crippen LogP contribution >= 0.6 is 12.4 Å². The minimum absolute atomic E-state index is 0. The molecular weight excluding hydrogens is 308 g/mol. The maximum atomic E-state index is 11.5. The lowest BCUT2D eigenvalue weighted by atomic mass is 10.2. The van der Waals surface area contributed by atoms with Crippen LogP contribution in [0.1, 0.15) is 25.8 Å². The van der Waals surface area contributed by atoms with Crippen molar-refractivity contribution in [3.8, 4) is 17.1 Å². The van der Waals surface area contributed by atoms with Crippen LogP contribution in [0.25, 0.3) is 11.4 Å². The number of benzene rings is 1. The van der Waals surface area contributed by atoms with E-state index in [-0.39, 0.29) is 18.3 Å². The van der Waals surface area contributed by atoms with Crippen LogP contribution in [0.2, 0.25) is 0 Å². The summed E-state index contributed by atoms with van der Waals surface area (Å²) in [6, 6.07) is 6.33. The fourth-order valence-corrected chi connectivity index (χ4v) is 1.70. The monoisotopic (exact) mass is 326 g/mol. The number of nitrogens with two attached hydrogens (primary N) is 1. The Balaban J connectivity index is 0.00000242. The molecule has 1 unspecified atom stereocenters. The number of aromatic nitrogens is 2. The van der Waals surface area contributed by atoms with Crippen molar-refractivity contribution in [2.75, 3.05) is 7.11 Å². The molecule has 0 saturated heterocycles. The molecule has 2 aromatic rings. The smallest absolute Gasteiger partial charge is 0.249 e. The van der Waals surface area contributed by atoms with Crippen molar-refractivity contribution in [3.63, 3.8) is 0 Å². The Morgan fingerprint density at radius 2 is 2.14 bits per heavy atom. The third-order valence-electron chi connectivity index (χ3n) is 2.91. The fourth-order valence-electron chi connectivity index (χ4n) is 1.70. The third kappa shape index (κ3) is 4.19. The average molecular weight is 327 g/mol. The molecule has 1 aromatic carbocycles.